The van der Waals surface area contributed by atoms with Crippen molar-refractivity contribution in [3.05, 3.63) is 71.3 Å². The molecule has 0 heterocycles. The zero-order chi connectivity index (χ0) is 15.2. The second-order valence-electron chi connectivity index (χ2n) is 4.28. The van der Waals surface area contributed by atoms with E-state index < -0.39 is 17.6 Å². The Hall–Kier alpha value is -2.69. The Morgan fingerprint density at radius 3 is 2.76 bits per heavy atom. The van der Waals surface area contributed by atoms with Crippen LogP contribution in [0.5, 0.6) is 5.75 Å². The molecule has 0 unspecified atom stereocenters. The largest absolute Gasteiger partial charge is 0.486 e. The van der Waals surface area contributed by atoms with Crippen molar-refractivity contribution in [1.29, 1.82) is 0 Å². The first-order valence-electron chi connectivity index (χ1n) is 6.12. The smallest absolute Gasteiger partial charge is 0.328 e. The van der Waals surface area contributed by atoms with Crippen LogP contribution in [-0.2, 0) is 11.4 Å². The monoisotopic (exact) mass is 290 g/mol. The van der Waals surface area contributed by atoms with Crippen LogP contribution in [0, 0.1) is 11.6 Å². The molecule has 0 aliphatic carbocycles. The van der Waals surface area contributed by atoms with Crippen LogP contribution in [0.1, 0.15) is 11.1 Å². The molecular formula is C16H12F2O3. The lowest BCUT2D eigenvalue weighted by atomic mass is 10.1. The van der Waals surface area contributed by atoms with Gasteiger partial charge in [-0.1, -0.05) is 18.2 Å². The van der Waals surface area contributed by atoms with Crippen LogP contribution in [-0.4, -0.2) is 11.1 Å². The fourth-order valence-electron chi connectivity index (χ4n) is 1.70. The van der Waals surface area contributed by atoms with E-state index in [0.717, 1.165) is 24.3 Å². The van der Waals surface area contributed by atoms with Crippen molar-refractivity contribution in [3.63, 3.8) is 0 Å². The van der Waals surface area contributed by atoms with E-state index >= 15 is 0 Å². The first kappa shape index (κ1) is 14.7. The van der Waals surface area contributed by atoms with Crippen LogP contribution in [0.3, 0.4) is 0 Å². The Labute approximate surface area is 120 Å². The van der Waals surface area contributed by atoms with Crippen LogP contribution >= 0.6 is 0 Å². The van der Waals surface area contributed by atoms with E-state index in [9.17, 15) is 13.6 Å². The van der Waals surface area contributed by atoms with Gasteiger partial charge >= 0.3 is 5.97 Å². The van der Waals surface area contributed by atoms with Gasteiger partial charge in [0.15, 0.2) is 11.6 Å². The van der Waals surface area contributed by atoms with E-state index in [2.05, 4.69) is 0 Å². The molecule has 0 spiro atoms. The maximum Gasteiger partial charge on any atom is 0.328 e. The molecule has 2 rings (SSSR count). The summed E-state index contributed by atoms with van der Waals surface area (Å²) in [6, 6.07) is 9.89. The molecule has 0 saturated carbocycles. The number of carboxylic acids is 1. The summed E-state index contributed by atoms with van der Waals surface area (Å²) in [7, 11) is 0. The second-order valence-corrected chi connectivity index (χ2v) is 4.28. The minimum atomic E-state index is -1.04. The molecule has 0 fully saturated rings. The Morgan fingerprint density at radius 2 is 2.00 bits per heavy atom. The highest BCUT2D eigenvalue weighted by atomic mass is 19.1. The zero-order valence-electron chi connectivity index (χ0n) is 10.9. The van der Waals surface area contributed by atoms with Crippen molar-refractivity contribution in [2.45, 2.75) is 6.61 Å². The predicted octanol–water partition coefficient (Wildman–Crippen LogP) is 3.64. The van der Waals surface area contributed by atoms with Crippen LogP contribution in [0.25, 0.3) is 6.08 Å². The molecule has 0 amide bonds. The lowest BCUT2D eigenvalue weighted by Gasteiger charge is -2.08. The summed E-state index contributed by atoms with van der Waals surface area (Å²) in [5, 5.41) is 8.56. The van der Waals surface area contributed by atoms with E-state index in [1.54, 1.807) is 24.3 Å². The van der Waals surface area contributed by atoms with Crippen molar-refractivity contribution >= 4 is 12.0 Å². The lowest BCUT2D eigenvalue weighted by molar-refractivity contribution is -0.131. The number of carboxylic acid groups (broad SMARTS) is 1. The molecule has 0 saturated heterocycles. The van der Waals surface area contributed by atoms with Gasteiger partial charge in [-0.2, -0.15) is 0 Å². The van der Waals surface area contributed by atoms with Gasteiger partial charge in [-0.25, -0.2) is 13.6 Å². The van der Waals surface area contributed by atoms with E-state index in [4.69, 9.17) is 9.84 Å². The van der Waals surface area contributed by atoms with E-state index in [0.29, 0.717) is 11.1 Å². The summed E-state index contributed by atoms with van der Waals surface area (Å²) in [6.45, 7) is 0.0507. The molecule has 3 nitrogen and oxygen atoms in total. The number of halogens is 2. The highest BCUT2D eigenvalue weighted by Gasteiger charge is 2.05. The summed E-state index contributed by atoms with van der Waals surface area (Å²) in [5.41, 5.74) is 1.39. The molecule has 0 radical (unpaired) electrons. The Bertz CT molecular complexity index is 681. The van der Waals surface area contributed by atoms with E-state index in [1.807, 2.05) is 0 Å². The number of hydrogen-bond acceptors (Lipinski definition) is 2. The summed E-state index contributed by atoms with van der Waals surface area (Å²) >= 11 is 0. The summed E-state index contributed by atoms with van der Waals surface area (Å²) < 4.78 is 31.6. The summed E-state index contributed by atoms with van der Waals surface area (Å²) in [6.07, 6.45) is 2.46. The minimum absolute atomic E-state index is 0.0507. The molecule has 1 N–H and O–H groups in total. The molecular weight excluding hydrogens is 278 g/mol. The summed E-state index contributed by atoms with van der Waals surface area (Å²) in [4.78, 5) is 10.4. The van der Waals surface area contributed by atoms with Crippen molar-refractivity contribution in [2.24, 2.45) is 0 Å². The van der Waals surface area contributed by atoms with Gasteiger partial charge in [0.25, 0.3) is 0 Å². The van der Waals surface area contributed by atoms with Gasteiger partial charge in [0.2, 0.25) is 0 Å². The van der Waals surface area contributed by atoms with Crippen molar-refractivity contribution in [2.75, 3.05) is 0 Å². The van der Waals surface area contributed by atoms with Crippen molar-refractivity contribution in [3.8, 4) is 5.75 Å². The number of benzene rings is 2. The average molecular weight is 290 g/mol. The Morgan fingerprint density at radius 1 is 1.19 bits per heavy atom. The van der Waals surface area contributed by atoms with Crippen LogP contribution in [0.15, 0.2) is 48.5 Å². The van der Waals surface area contributed by atoms with Crippen LogP contribution < -0.4 is 4.74 Å². The third-order valence-corrected chi connectivity index (χ3v) is 2.66. The maximum absolute atomic E-state index is 13.4. The van der Waals surface area contributed by atoms with Gasteiger partial charge in [-0.05, 0) is 35.4 Å². The molecule has 108 valence electrons. The molecule has 2 aromatic rings. The van der Waals surface area contributed by atoms with Gasteiger partial charge in [0.05, 0.1) is 0 Å². The van der Waals surface area contributed by atoms with Gasteiger partial charge in [0, 0.05) is 12.1 Å². The standard InChI is InChI=1S/C16H12F2O3/c17-13-5-6-14(18)15(9-13)21-10-12-3-1-2-11(8-12)4-7-16(19)20/h1-9H,10H2,(H,19,20). The fraction of sp³-hybridized carbons (Fsp3) is 0.0625. The molecule has 21 heavy (non-hydrogen) atoms. The second kappa shape index (κ2) is 6.65. The van der Waals surface area contributed by atoms with Crippen LogP contribution in [0.2, 0.25) is 0 Å². The third kappa shape index (κ3) is 4.42. The first-order chi connectivity index (χ1) is 10.0. The van der Waals surface area contributed by atoms with E-state index in [1.165, 1.54) is 6.08 Å². The minimum Gasteiger partial charge on any atom is -0.486 e. The molecule has 0 atom stereocenters. The zero-order valence-corrected chi connectivity index (χ0v) is 10.9. The predicted molar refractivity (Wildman–Crippen MR) is 73.8 cm³/mol. The Balaban J connectivity index is 2.08. The fourth-order valence-corrected chi connectivity index (χ4v) is 1.70. The highest BCUT2D eigenvalue weighted by molar-refractivity contribution is 5.85. The SMILES string of the molecule is O=C(O)C=Cc1cccc(COc2cc(F)ccc2F)c1. The Kier molecular flexibility index (Phi) is 4.66. The molecule has 0 aliphatic heterocycles. The van der Waals surface area contributed by atoms with Crippen molar-refractivity contribution in [1.82, 2.24) is 0 Å². The quantitative estimate of drug-likeness (QED) is 0.855. The lowest BCUT2D eigenvalue weighted by Crippen LogP contribution is -1.98. The first-order valence-corrected chi connectivity index (χ1v) is 6.12. The highest BCUT2D eigenvalue weighted by Crippen LogP contribution is 2.19. The number of rotatable bonds is 5. The van der Waals surface area contributed by atoms with Gasteiger partial charge in [-0.3, -0.25) is 0 Å². The molecule has 0 aromatic heterocycles. The third-order valence-electron chi connectivity index (χ3n) is 2.66. The number of ether oxygens (including phenoxy) is 1. The van der Waals surface area contributed by atoms with Gasteiger partial charge in [0.1, 0.15) is 12.4 Å². The topological polar surface area (TPSA) is 46.5 Å². The van der Waals surface area contributed by atoms with Gasteiger partial charge < -0.3 is 9.84 Å². The maximum atomic E-state index is 13.4. The molecule has 2 aromatic carbocycles. The van der Waals surface area contributed by atoms with E-state index in [-0.39, 0.29) is 12.4 Å². The number of carbonyl (C=O) groups is 1. The van der Waals surface area contributed by atoms with Crippen LogP contribution in [0.4, 0.5) is 8.78 Å². The van der Waals surface area contributed by atoms with Gasteiger partial charge in [-0.15, -0.1) is 0 Å². The van der Waals surface area contributed by atoms with Crippen molar-refractivity contribution < 1.29 is 23.4 Å². The average Bonchev–Trinajstić information content (AvgIpc) is 2.46. The number of aliphatic carboxylic acids is 1. The number of hydrogen-bond donors (Lipinski definition) is 1. The molecule has 5 heteroatoms. The normalized spacial score (nSPS) is 10.8. The molecule has 0 aliphatic rings. The summed E-state index contributed by atoms with van der Waals surface area (Å²) in [5.74, 6) is -2.43. The molecule has 0 bridgehead atoms.